The Morgan fingerprint density at radius 3 is 2.45 bits per heavy atom. The van der Waals surface area contributed by atoms with Gasteiger partial charge in [0.25, 0.3) is 5.91 Å². The number of nitrogens with one attached hydrogen (secondary N) is 2. The number of ether oxygens (including phenoxy) is 1. The van der Waals surface area contributed by atoms with E-state index in [9.17, 15) is 22.4 Å². The van der Waals surface area contributed by atoms with E-state index in [1.165, 1.54) is 30.5 Å². The lowest BCUT2D eigenvalue weighted by molar-refractivity contribution is -0.137. The Balaban J connectivity index is 1.94. The molecule has 0 bridgehead atoms. The van der Waals surface area contributed by atoms with Gasteiger partial charge in [0.15, 0.2) is 0 Å². The summed E-state index contributed by atoms with van der Waals surface area (Å²) >= 11 is 0. The summed E-state index contributed by atoms with van der Waals surface area (Å²) in [5.74, 6) is -0.732. The van der Waals surface area contributed by atoms with E-state index in [2.05, 4.69) is 15.6 Å². The molecule has 0 aliphatic heterocycles. The zero-order chi connectivity index (χ0) is 22.4. The SMILES string of the molecule is CNCCNC(=O)c1cnc(Oc2ccc(C(F)(F)F)cc2)c(-c2cccc(F)c2)c1. The van der Waals surface area contributed by atoms with Crippen molar-refractivity contribution < 1.29 is 27.1 Å². The predicted molar refractivity (Wildman–Crippen MR) is 107 cm³/mol. The fraction of sp³-hybridized carbons (Fsp3) is 0.182. The lowest BCUT2D eigenvalue weighted by Gasteiger charge is -2.13. The molecule has 3 aromatic rings. The average molecular weight is 433 g/mol. The van der Waals surface area contributed by atoms with E-state index >= 15 is 0 Å². The molecule has 2 aromatic carbocycles. The van der Waals surface area contributed by atoms with Crippen LogP contribution in [0.15, 0.2) is 60.8 Å². The quantitative estimate of drug-likeness (QED) is 0.421. The van der Waals surface area contributed by atoms with Crippen molar-refractivity contribution in [1.29, 1.82) is 0 Å². The molecule has 9 heteroatoms. The molecule has 1 heterocycles. The fourth-order valence-corrected chi connectivity index (χ4v) is 2.75. The number of aromatic nitrogens is 1. The van der Waals surface area contributed by atoms with Crippen LogP contribution in [0.1, 0.15) is 15.9 Å². The molecule has 3 rings (SSSR count). The maximum Gasteiger partial charge on any atom is 0.416 e. The van der Waals surface area contributed by atoms with E-state index in [0.29, 0.717) is 24.2 Å². The average Bonchev–Trinajstić information content (AvgIpc) is 2.74. The van der Waals surface area contributed by atoms with Crippen molar-refractivity contribution in [2.75, 3.05) is 20.1 Å². The standard InChI is InChI=1S/C22H19F4N3O2/c1-27-9-10-28-20(30)15-12-19(14-3-2-4-17(23)11-14)21(29-13-15)31-18-7-5-16(6-8-18)22(24,25)26/h2-8,11-13,27H,9-10H2,1H3,(H,28,30). The van der Waals surface area contributed by atoms with Crippen molar-refractivity contribution in [3.63, 3.8) is 0 Å². The Hall–Kier alpha value is -3.46. The molecule has 0 radical (unpaired) electrons. The summed E-state index contributed by atoms with van der Waals surface area (Å²) in [6.07, 6.45) is -3.18. The highest BCUT2D eigenvalue weighted by Crippen LogP contribution is 2.34. The van der Waals surface area contributed by atoms with Crippen LogP contribution in [0.5, 0.6) is 11.6 Å². The third kappa shape index (κ3) is 5.79. The Bertz CT molecular complexity index is 1050. The summed E-state index contributed by atoms with van der Waals surface area (Å²) in [7, 11) is 1.75. The van der Waals surface area contributed by atoms with Gasteiger partial charge in [-0.3, -0.25) is 4.79 Å². The number of nitrogens with zero attached hydrogens (tertiary/aromatic N) is 1. The van der Waals surface area contributed by atoms with Crippen LogP contribution in [0.3, 0.4) is 0 Å². The number of likely N-dealkylation sites (N-methyl/N-ethyl adjacent to an activating group) is 1. The van der Waals surface area contributed by atoms with Crippen LogP contribution < -0.4 is 15.4 Å². The third-order valence-electron chi connectivity index (χ3n) is 4.31. The molecular formula is C22H19F4N3O2. The Morgan fingerprint density at radius 1 is 1.06 bits per heavy atom. The largest absolute Gasteiger partial charge is 0.438 e. The number of amides is 1. The minimum Gasteiger partial charge on any atom is -0.438 e. The molecule has 0 aliphatic carbocycles. The molecule has 0 saturated heterocycles. The number of hydrogen-bond acceptors (Lipinski definition) is 4. The van der Waals surface area contributed by atoms with E-state index in [0.717, 1.165) is 24.3 Å². The Morgan fingerprint density at radius 2 is 1.81 bits per heavy atom. The molecule has 0 fully saturated rings. The Labute approximate surface area is 176 Å². The van der Waals surface area contributed by atoms with Gasteiger partial charge in [0.05, 0.1) is 11.1 Å². The highest BCUT2D eigenvalue weighted by molar-refractivity contribution is 5.95. The molecule has 0 saturated carbocycles. The number of halogens is 4. The summed E-state index contributed by atoms with van der Waals surface area (Å²) in [6, 6.07) is 11.2. The number of alkyl halides is 3. The van der Waals surface area contributed by atoms with Crippen LogP contribution >= 0.6 is 0 Å². The van der Waals surface area contributed by atoms with Crippen molar-refractivity contribution in [2.24, 2.45) is 0 Å². The van der Waals surface area contributed by atoms with Crippen molar-refractivity contribution in [3.8, 4) is 22.8 Å². The van der Waals surface area contributed by atoms with Gasteiger partial charge in [0.2, 0.25) is 5.88 Å². The van der Waals surface area contributed by atoms with Crippen LogP contribution in [0.2, 0.25) is 0 Å². The van der Waals surface area contributed by atoms with Gasteiger partial charge in [-0.2, -0.15) is 13.2 Å². The van der Waals surface area contributed by atoms with Crippen LogP contribution in [-0.4, -0.2) is 31.0 Å². The number of carbonyl (C=O) groups excluding carboxylic acids is 1. The second-order valence-corrected chi connectivity index (χ2v) is 6.57. The molecule has 31 heavy (non-hydrogen) atoms. The maximum absolute atomic E-state index is 13.8. The first-order chi connectivity index (χ1) is 14.8. The minimum atomic E-state index is -4.47. The van der Waals surface area contributed by atoms with Crippen LogP contribution in [0.25, 0.3) is 11.1 Å². The summed E-state index contributed by atoms with van der Waals surface area (Å²) in [6.45, 7) is 0.972. The molecule has 5 nitrogen and oxygen atoms in total. The molecule has 0 unspecified atom stereocenters. The van der Waals surface area contributed by atoms with E-state index in [-0.39, 0.29) is 23.1 Å². The summed E-state index contributed by atoms with van der Waals surface area (Å²) in [5.41, 5.74) is 0.141. The monoisotopic (exact) mass is 433 g/mol. The zero-order valence-corrected chi connectivity index (χ0v) is 16.5. The lowest BCUT2D eigenvalue weighted by Crippen LogP contribution is -2.30. The molecule has 2 N–H and O–H groups in total. The van der Waals surface area contributed by atoms with Crippen molar-refractivity contribution >= 4 is 5.91 Å². The smallest absolute Gasteiger partial charge is 0.416 e. The first kappa shape index (κ1) is 22.2. The van der Waals surface area contributed by atoms with Crippen molar-refractivity contribution in [3.05, 3.63) is 77.7 Å². The second kappa shape index (κ2) is 9.57. The van der Waals surface area contributed by atoms with Crippen molar-refractivity contribution in [2.45, 2.75) is 6.18 Å². The highest BCUT2D eigenvalue weighted by atomic mass is 19.4. The van der Waals surface area contributed by atoms with Gasteiger partial charge in [-0.15, -0.1) is 0 Å². The van der Waals surface area contributed by atoms with Crippen LogP contribution in [0, 0.1) is 5.82 Å². The van der Waals surface area contributed by atoms with E-state index in [1.807, 2.05) is 0 Å². The zero-order valence-electron chi connectivity index (χ0n) is 16.5. The minimum absolute atomic E-state index is 0.0251. The Kier molecular flexibility index (Phi) is 6.86. The number of hydrogen-bond donors (Lipinski definition) is 2. The molecule has 0 atom stereocenters. The van der Waals surface area contributed by atoms with Crippen molar-refractivity contribution in [1.82, 2.24) is 15.6 Å². The first-order valence-electron chi connectivity index (χ1n) is 9.32. The van der Waals surface area contributed by atoms with Gasteiger partial charge in [0.1, 0.15) is 11.6 Å². The molecule has 0 aliphatic rings. The molecule has 0 spiro atoms. The molecule has 162 valence electrons. The first-order valence-corrected chi connectivity index (χ1v) is 9.32. The maximum atomic E-state index is 13.8. The van der Waals surface area contributed by atoms with Gasteiger partial charge in [-0.05, 0) is 55.1 Å². The van der Waals surface area contributed by atoms with Gasteiger partial charge >= 0.3 is 6.18 Å². The normalized spacial score (nSPS) is 11.3. The molecular weight excluding hydrogens is 414 g/mol. The van der Waals surface area contributed by atoms with Crippen LogP contribution in [-0.2, 0) is 6.18 Å². The second-order valence-electron chi connectivity index (χ2n) is 6.57. The molecule has 1 amide bonds. The number of rotatable bonds is 7. The molecule has 1 aromatic heterocycles. The van der Waals surface area contributed by atoms with Gasteiger partial charge < -0.3 is 15.4 Å². The third-order valence-corrected chi connectivity index (χ3v) is 4.31. The highest BCUT2D eigenvalue weighted by Gasteiger charge is 2.30. The fourth-order valence-electron chi connectivity index (χ4n) is 2.75. The lowest BCUT2D eigenvalue weighted by atomic mass is 10.0. The van der Waals surface area contributed by atoms with Gasteiger partial charge in [-0.25, -0.2) is 9.37 Å². The summed E-state index contributed by atoms with van der Waals surface area (Å²) in [5, 5.41) is 5.62. The van der Waals surface area contributed by atoms with E-state index < -0.39 is 17.6 Å². The number of pyridine rings is 1. The number of carbonyl (C=O) groups is 1. The van der Waals surface area contributed by atoms with Gasteiger partial charge in [-0.1, -0.05) is 12.1 Å². The summed E-state index contributed by atoms with van der Waals surface area (Å²) in [4.78, 5) is 16.5. The topological polar surface area (TPSA) is 63.2 Å². The van der Waals surface area contributed by atoms with E-state index in [4.69, 9.17) is 4.74 Å². The summed E-state index contributed by atoms with van der Waals surface area (Å²) < 4.78 is 57.8. The number of benzene rings is 2. The predicted octanol–water partition coefficient (Wildman–Crippen LogP) is 4.65. The van der Waals surface area contributed by atoms with Gasteiger partial charge in [0, 0.05) is 24.8 Å². The van der Waals surface area contributed by atoms with Crippen LogP contribution in [0.4, 0.5) is 17.6 Å². The van der Waals surface area contributed by atoms with E-state index in [1.54, 1.807) is 13.1 Å².